The fourth-order valence-corrected chi connectivity index (χ4v) is 5.33. The molecule has 27 heavy (non-hydrogen) atoms. The van der Waals surface area contributed by atoms with Crippen LogP contribution in [0, 0.1) is 0 Å². The van der Waals surface area contributed by atoms with E-state index in [1.165, 1.54) is 22.3 Å². The van der Waals surface area contributed by atoms with Crippen molar-refractivity contribution in [3.8, 4) is 11.1 Å². The first-order valence-corrected chi connectivity index (χ1v) is 10.0. The Morgan fingerprint density at radius 1 is 1.19 bits per heavy atom. The molecule has 2 aliphatic rings. The molecule has 1 aliphatic carbocycles. The summed E-state index contributed by atoms with van der Waals surface area (Å²) in [6, 6.07) is 16.1. The third-order valence-electron chi connectivity index (χ3n) is 5.43. The smallest absolute Gasteiger partial charge is 0.411 e. The quantitative estimate of drug-likeness (QED) is 0.746. The first-order chi connectivity index (χ1) is 12.9. The molecule has 0 aromatic heterocycles. The van der Waals surface area contributed by atoms with Gasteiger partial charge >= 0.3 is 6.09 Å². The van der Waals surface area contributed by atoms with E-state index in [0.29, 0.717) is 5.88 Å². The molecular formula is C22H23NO3S. The van der Waals surface area contributed by atoms with Crippen LogP contribution in [-0.2, 0) is 4.74 Å². The van der Waals surface area contributed by atoms with Gasteiger partial charge in [0.1, 0.15) is 18.4 Å². The molecule has 4 rings (SSSR count). The first-order valence-electron chi connectivity index (χ1n) is 9.03. The predicted molar refractivity (Wildman–Crippen MR) is 109 cm³/mol. The largest absolute Gasteiger partial charge is 0.511 e. The van der Waals surface area contributed by atoms with Crippen molar-refractivity contribution in [1.82, 2.24) is 4.90 Å². The molecule has 1 atom stereocenters. The van der Waals surface area contributed by atoms with Crippen LogP contribution in [0.15, 0.2) is 60.9 Å². The molecule has 2 aromatic carbocycles. The van der Waals surface area contributed by atoms with Crippen molar-refractivity contribution in [2.45, 2.75) is 30.6 Å². The molecule has 0 saturated carbocycles. The maximum atomic E-state index is 12.8. The number of aliphatic hydroxyl groups is 1. The number of benzene rings is 2. The second-order valence-electron chi connectivity index (χ2n) is 7.54. The average molecular weight is 381 g/mol. The Labute approximate surface area is 163 Å². The normalized spacial score (nSPS) is 20.2. The highest BCUT2D eigenvalue weighted by Crippen LogP contribution is 2.45. The first kappa shape index (κ1) is 18.0. The molecular weight excluding hydrogens is 358 g/mol. The second-order valence-corrected chi connectivity index (χ2v) is 9.14. The zero-order chi connectivity index (χ0) is 19.2. The lowest BCUT2D eigenvalue weighted by molar-refractivity contribution is 0.0890. The van der Waals surface area contributed by atoms with Crippen LogP contribution >= 0.6 is 11.8 Å². The molecule has 5 heteroatoms. The highest BCUT2D eigenvalue weighted by Gasteiger charge is 2.46. The lowest BCUT2D eigenvalue weighted by Gasteiger charge is -2.30. The van der Waals surface area contributed by atoms with Gasteiger partial charge in [-0.1, -0.05) is 55.1 Å². The van der Waals surface area contributed by atoms with Gasteiger partial charge in [0.2, 0.25) is 0 Å². The van der Waals surface area contributed by atoms with Crippen molar-refractivity contribution in [2.75, 3.05) is 12.5 Å². The molecule has 4 nitrogen and oxygen atoms in total. The summed E-state index contributed by atoms with van der Waals surface area (Å²) in [5.74, 6) is 0.507. The Morgan fingerprint density at radius 3 is 2.30 bits per heavy atom. The van der Waals surface area contributed by atoms with Gasteiger partial charge in [0.05, 0.1) is 5.88 Å². The number of thioether (sulfide) groups is 1. The number of hydrogen-bond donors (Lipinski definition) is 1. The lowest BCUT2D eigenvalue weighted by atomic mass is 9.98. The van der Waals surface area contributed by atoms with Crippen molar-refractivity contribution in [3.05, 3.63) is 72.0 Å². The van der Waals surface area contributed by atoms with Gasteiger partial charge in [0.25, 0.3) is 0 Å². The number of carbonyl (C=O) groups excluding carboxylic acids is 1. The zero-order valence-corrected chi connectivity index (χ0v) is 16.3. The number of fused-ring (bicyclic) bond motifs is 3. The Bertz CT molecular complexity index is 862. The van der Waals surface area contributed by atoms with Crippen molar-refractivity contribution < 1.29 is 14.6 Å². The third-order valence-corrected chi connectivity index (χ3v) is 6.81. The summed E-state index contributed by atoms with van der Waals surface area (Å²) in [6.07, 6.45) is -0.407. The van der Waals surface area contributed by atoms with Crippen LogP contribution in [-0.4, -0.2) is 39.4 Å². The highest BCUT2D eigenvalue weighted by atomic mass is 32.2. The lowest BCUT2D eigenvalue weighted by Crippen LogP contribution is -2.45. The van der Waals surface area contributed by atoms with Crippen LogP contribution in [0.4, 0.5) is 4.79 Å². The fraction of sp³-hybridized carbons (Fsp3) is 0.318. The van der Waals surface area contributed by atoms with E-state index in [1.807, 2.05) is 38.1 Å². The highest BCUT2D eigenvalue weighted by molar-refractivity contribution is 8.00. The van der Waals surface area contributed by atoms with Gasteiger partial charge < -0.3 is 9.84 Å². The molecule has 0 unspecified atom stereocenters. The molecule has 1 heterocycles. The summed E-state index contributed by atoms with van der Waals surface area (Å²) >= 11 is 1.61. The monoisotopic (exact) mass is 381 g/mol. The van der Waals surface area contributed by atoms with E-state index in [9.17, 15) is 9.90 Å². The van der Waals surface area contributed by atoms with Gasteiger partial charge in [-0.25, -0.2) is 4.79 Å². The van der Waals surface area contributed by atoms with Crippen LogP contribution in [0.5, 0.6) is 0 Å². The van der Waals surface area contributed by atoms with Gasteiger partial charge in [-0.3, -0.25) is 4.90 Å². The summed E-state index contributed by atoms with van der Waals surface area (Å²) in [4.78, 5) is 14.3. The topological polar surface area (TPSA) is 49.8 Å². The van der Waals surface area contributed by atoms with Crippen LogP contribution in [0.1, 0.15) is 30.9 Å². The average Bonchev–Trinajstić information content (AvgIpc) is 3.14. The summed E-state index contributed by atoms with van der Waals surface area (Å²) in [7, 11) is 0. The van der Waals surface area contributed by atoms with E-state index in [1.54, 1.807) is 16.7 Å². The van der Waals surface area contributed by atoms with Crippen molar-refractivity contribution in [1.29, 1.82) is 0 Å². The maximum absolute atomic E-state index is 12.8. The van der Waals surface area contributed by atoms with Crippen LogP contribution in [0.25, 0.3) is 11.1 Å². The molecule has 0 bridgehead atoms. The van der Waals surface area contributed by atoms with Crippen molar-refractivity contribution >= 4 is 17.9 Å². The second kappa shape index (κ2) is 6.64. The summed E-state index contributed by atoms with van der Waals surface area (Å²) in [6.45, 7) is 7.93. The molecule has 1 saturated heterocycles. The summed E-state index contributed by atoms with van der Waals surface area (Å²) in [5, 5.41) is 9.99. The molecule has 1 fully saturated rings. The number of rotatable bonds is 3. The molecule has 1 N–H and O–H groups in total. The Balaban J connectivity index is 1.54. The molecule has 2 aromatic rings. The number of carbonyl (C=O) groups is 1. The zero-order valence-electron chi connectivity index (χ0n) is 15.5. The number of ether oxygens (including phenoxy) is 1. The SMILES string of the molecule is C=C(O)[C@H]1N(C(=O)OCC2c3ccccc3-c3ccccc32)CSC1(C)C. The molecule has 1 amide bonds. The van der Waals surface area contributed by atoms with Crippen LogP contribution in [0.2, 0.25) is 0 Å². The van der Waals surface area contributed by atoms with E-state index >= 15 is 0 Å². The van der Waals surface area contributed by atoms with E-state index in [4.69, 9.17) is 4.74 Å². The minimum absolute atomic E-state index is 0.00138. The standard InChI is InChI=1S/C22H23NO3S/c1-14(24)20-22(2,3)27-13-23(20)21(25)26-12-19-17-10-6-4-8-15(17)16-9-5-7-11-18(16)19/h4-11,19-20,24H,1,12-13H2,2-3H3/t20-/m1/s1. The van der Waals surface area contributed by atoms with Gasteiger partial charge in [-0.2, -0.15) is 0 Å². The van der Waals surface area contributed by atoms with E-state index in [-0.39, 0.29) is 23.0 Å². The van der Waals surface area contributed by atoms with Crippen LogP contribution in [0.3, 0.4) is 0 Å². The molecule has 0 radical (unpaired) electrons. The Morgan fingerprint density at radius 2 is 1.74 bits per heavy atom. The number of amides is 1. The van der Waals surface area contributed by atoms with E-state index < -0.39 is 12.1 Å². The van der Waals surface area contributed by atoms with Gasteiger partial charge in [-0.15, -0.1) is 11.8 Å². The number of nitrogens with zero attached hydrogens (tertiary/aromatic N) is 1. The van der Waals surface area contributed by atoms with Gasteiger partial charge in [0.15, 0.2) is 0 Å². The fourth-order valence-electron chi connectivity index (χ4n) is 4.18. The van der Waals surface area contributed by atoms with Crippen LogP contribution < -0.4 is 0 Å². The molecule has 140 valence electrons. The number of aliphatic hydroxyl groups excluding tert-OH is 1. The van der Waals surface area contributed by atoms with Crippen molar-refractivity contribution in [2.24, 2.45) is 0 Å². The third kappa shape index (κ3) is 3.00. The maximum Gasteiger partial charge on any atom is 0.411 e. The minimum atomic E-state index is -0.446. The summed E-state index contributed by atoms with van der Waals surface area (Å²) in [5.41, 5.74) is 4.78. The number of hydrogen-bond acceptors (Lipinski definition) is 4. The van der Waals surface area contributed by atoms with Gasteiger partial charge in [-0.05, 0) is 36.1 Å². The molecule has 1 aliphatic heterocycles. The summed E-state index contributed by atoms with van der Waals surface area (Å²) < 4.78 is 5.42. The van der Waals surface area contributed by atoms with E-state index in [2.05, 4.69) is 30.8 Å². The Hall–Kier alpha value is -2.40. The minimum Gasteiger partial charge on any atom is -0.511 e. The van der Waals surface area contributed by atoms with Crippen molar-refractivity contribution in [3.63, 3.8) is 0 Å². The Kier molecular flexibility index (Phi) is 4.42. The molecule has 0 spiro atoms. The predicted octanol–water partition coefficient (Wildman–Crippen LogP) is 5.16. The van der Waals surface area contributed by atoms with Gasteiger partial charge in [0, 0.05) is 10.7 Å². The van der Waals surface area contributed by atoms with E-state index in [0.717, 1.165) is 0 Å².